The van der Waals surface area contributed by atoms with Gasteiger partial charge in [-0.05, 0) is 18.2 Å². The summed E-state index contributed by atoms with van der Waals surface area (Å²) in [5, 5.41) is 1.26. The van der Waals surface area contributed by atoms with E-state index in [0.29, 0.717) is 59.8 Å². The van der Waals surface area contributed by atoms with Gasteiger partial charge in [-0.1, -0.05) is 42.6 Å². The van der Waals surface area contributed by atoms with Crippen LogP contribution in [0.2, 0.25) is 5.02 Å². The lowest BCUT2D eigenvalue weighted by Crippen LogP contribution is -2.48. The largest absolute Gasteiger partial charge is 0.366 e. The van der Waals surface area contributed by atoms with Crippen LogP contribution in [0.15, 0.2) is 42.6 Å². The van der Waals surface area contributed by atoms with Crippen molar-refractivity contribution in [3.63, 3.8) is 0 Å². The Labute approximate surface area is 180 Å². The zero-order valence-electron chi connectivity index (χ0n) is 16.7. The number of hydrogen-bond donors (Lipinski definition) is 0. The number of carbonyl (C=O) groups excluding carboxylic acids is 1. The number of hydrogen-bond acceptors (Lipinski definition) is 3. The smallest absolute Gasteiger partial charge is 0.222 e. The third-order valence-electron chi connectivity index (χ3n) is 5.50. The lowest BCUT2D eigenvalue weighted by atomic mass is 10.0. The number of anilines is 1. The molecule has 1 saturated heterocycles. The van der Waals surface area contributed by atoms with E-state index in [0.717, 1.165) is 11.1 Å². The van der Waals surface area contributed by atoms with Crippen LogP contribution >= 0.6 is 11.6 Å². The first kappa shape index (κ1) is 20.2. The molecule has 30 heavy (non-hydrogen) atoms. The fraction of sp³-hybridized carbons (Fsp3) is 0.250. The quantitative estimate of drug-likeness (QED) is 0.573. The molecule has 0 radical (unpaired) electrons. The van der Waals surface area contributed by atoms with E-state index in [1.165, 1.54) is 6.07 Å². The van der Waals surface area contributed by atoms with Gasteiger partial charge in [0.2, 0.25) is 5.91 Å². The molecule has 1 aromatic heterocycles. The summed E-state index contributed by atoms with van der Waals surface area (Å²) in [6.07, 6.45) is 7.93. The number of rotatable bonds is 3. The number of nitrogens with zero attached hydrogens (tertiary/aromatic N) is 3. The number of pyridine rings is 1. The number of carbonyl (C=O) groups is 1. The standard InChI is InChI=1S/C24H21ClFN3O/c1-3-16-15-27-22-14-18(17-7-5-6-8-21(17)26)20(25)13-19(22)24(16)29-11-9-28(10-12-29)23(30)4-2/h1,5-8,13-15H,4,9-12H2,2H3. The van der Waals surface area contributed by atoms with Gasteiger partial charge in [-0.2, -0.15) is 0 Å². The maximum absolute atomic E-state index is 14.3. The van der Waals surface area contributed by atoms with Gasteiger partial charge >= 0.3 is 0 Å². The average Bonchev–Trinajstić information content (AvgIpc) is 2.78. The number of halogens is 2. The fourth-order valence-corrected chi connectivity index (χ4v) is 4.20. The predicted octanol–water partition coefficient (Wildman–Crippen LogP) is 4.73. The molecule has 1 fully saturated rings. The molecule has 0 spiro atoms. The van der Waals surface area contributed by atoms with Crippen molar-refractivity contribution >= 4 is 34.1 Å². The molecule has 0 saturated carbocycles. The molecule has 0 N–H and O–H groups in total. The Morgan fingerprint density at radius 2 is 1.93 bits per heavy atom. The van der Waals surface area contributed by atoms with E-state index in [-0.39, 0.29) is 11.7 Å². The van der Waals surface area contributed by atoms with Crippen molar-refractivity contribution in [2.24, 2.45) is 0 Å². The minimum atomic E-state index is -0.337. The molecule has 2 heterocycles. The van der Waals surface area contributed by atoms with Crippen LogP contribution in [0.4, 0.5) is 10.1 Å². The van der Waals surface area contributed by atoms with Crippen LogP contribution in [0.3, 0.4) is 0 Å². The van der Waals surface area contributed by atoms with E-state index in [9.17, 15) is 9.18 Å². The molecular weight excluding hydrogens is 401 g/mol. The van der Waals surface area contributed by atoms with Gasteiger partial charge in [0.15, 0.2) is 0 Å². The first-order chi connectivity index (χ1) is 14.5. The summed E-state index contributed by atoms with van der Waals surface area (Å²) in [5.41, 5.74) is 3.27. The van der Waals surface area contributed by atoms with Crippen molar-refractivity contribution in [2.75, 3.05) is 31.1 Å². The molecule has 6 heteroatoms. The Hall–Kier alpha value is -3.10. The molecule has 4 rings (SSSR count). The molecular formula is C24H21ClFN3O. The van der Waals surface area contributed by atoms with E-state index in [2.05, 4.69) is 15.8 Å². The second-order valence-electron chi connectivity index (χ2n) is 7.22. The molecule has 2 aromatic carbocycles. The third-order valence-corrected chi connectivity index (χ3v) is 5.81. The van der Waals surface area contributed by atoms with Crippen LogP contribution in [0.1, 0.15) is 18.9 Å². The molecule has 1 aliphatic rings. The second-order valence-corrected chi connectivity index (χ2v) is 7.62. The third kappa shape index (κ3) is 3.59. The van der Waals surface area contributed by atoms with Gasteiger partial charge in [-0.3, -0.25) is 9.78 Å². The van der Waals surface area contributed by atoms with Crippen molar-refractivity contribution < 1.29 is 9.18 Å². The van der Waals surface area contributed by atoms with Gasteiger partial charge < -0.3 is 9.80 Å². The SMILES string of the molecule is C#Cc1cnc2cc(-c3ccccc3F)c(Cl)cc2c1N1CCN(C(=O)CC)CC1. The lowest BCUT2D eigenvalue weighted by molar-refractivity contribution is -0.131. The second kappa shape index (κ2) is 8.33. The monoisotopic (exact) mass is 421 g/mol. The van der Waals surface area contributed by atoms with Crippen molar-refractivity contribution in [2.45, 2.75) is 13.3 Å². The number of benzene rings is 2. The molecule has 1 aliphatic heterocycles. The first-order valence-corrected chi connectivity index (χ1v) is 10.3. The summed E-state index contributed by atoms with van der Waals surface area (Å²) in [5.74, 6) is 2.54. The fourth-order valence-electron chi connectivity index (χ4n) is 3.93. The number of fused-ring (bicyclic) bond motifs is 1. The lowest BCUT2D eigenvalue weighted by Gasteiger charge is -2.37. The van der Waals surface area contributed by atoms with Gasteiger partial charge in [0.25, 0.3) is 0 Å². The summed E-state index contributed by atoms with van der Waals surface area (Å²) in [4.78, 5) is 20.6. The van der Waals surface area contributed by atoms with Crippen LogP contribution < -0.4 is 4.90 Å². The van der Waals surface area contributed by atoms with E-state index in [1.54, 1.807) is 30.5 Å². The van der Waals surface area contributed by atoms with Gasteiger partial charge in [0, 0.05) is 60.3 Å². The zero-order valence-corrected chi connectivity index (χ0v) is 17.4. The predicted molar refractivity (Wildman–Crippen MR) is 119 cm³/mol. The van der Waals surface area contributed by atoms with Crippen LogP contribution in [-0.2, 0) is 4.79 Å². The Morgan fingerprint density at radius 3 is 2.60 bits per heavy atom. The highest BCUT2D eigenvalue weighted by molar-refractivity contribution is 6.34. The molecule has 0 unspecified atom stereocenters. The van der Waals surface area contributed by atoms with Crippen molar-refractivity contribution in [3.05, 3.63) is 59.0 Å². The number of terminal acetylenes is 1. The summed E-state index contributed by atoms with van der Waals surface area (Å²) < 4.78 is 14.3. The Bertz CT molecular complexity index is 1160. The first-order valence-electron chi connectivity index (χ1n) is 9.90. The van der Waals surface area contributed by atoms with E-state index in [4.69, 9.17) is 18.0 Å². The van der Waals surface area contributed by atoms with Gasteiger partial charge in [-0.15, -0.1) is 6.42 Å². The molecule has 3 aromatic rings. The van der Waals surface area contributed by atoms with E-state index in [1.807, 2.05) is 17.9 Å². The van der Waals surface area contributed by atoms with E-state index >= 15 is 0 Å². The van der Waals surface area contributed by atoms with Crippen LogP contribution in [0, 0.1) is 18.2 Å². The highest BCUT2D eigenvalue weighted by atomic mass is 35.5. The average molecular weight is 422 g/mol. The number of aromatic nitrogens is 1. The van der Waals surface area contributed by atoms with E-state index < -0.39 is 0 Å². The van der Waals surface area contributed by atoms with Gasteiger partial charge in [0.05, 0.1) is 16.8 Å². The summed E-state index contributed by atoms with van der Waals surface area (Å²) >= 11 is 6.58. The van der Waals surface area contributed by atoms with Crippen LogP contribution in [0.25, 0.3) is 22.0 Å². The minimum Gasteiger partial charge on any atom is -0.366 e. The molecule has 0 atom stereocenters. The Balaban J connectivity index is 1.79. The maximum atomic E-state index is 14.3. The molecule has 152 valence electrons. The van der Waals surface area contributed by atoms with Crippen LogP contribution in [-0.4, -0.2) is 42.0 Å². The summed E-state index contributed by atoms with van der Waals surface area (Å²) in [6, 6.07) is 10.1. The van der Waals surface area contributed by atoms with Crippen LogP contribution in [0.5, 0.6) is 0 Å². The Kier molecular flexibility index (Phi) is 5.61. The zero-order chi connectivity index (χ0) is 21.3. The number of amides is 1. The topological polar surface area (TPSA) is 36.4 Å². The number of piperazine rings is 1. The van der Waals surface area contributed by atoms with Crippen molar-refractivity contribution in [1.82, 2.24) is 9.88 Å². The minimum absolute atomic E-state index is 0.156. The van der Waals surface area contributed by atoms with Crippen molar-refractivity contribution in [3.8, 4) is 23.5 Å². The molecule has 4 nitrogen and oxygen atoms in total. The highest BCUT2D eigenvalue weighted by Crippen LogP contribution is 2.38. The normalized spacial score (nSPS) is 14.1. The molecule has 0 aliphatic carbocycles. The van der Waals surface area contributed by atoms with Crippen molar-refractivity contribution in [1.29, 1.82) is 0 Å². The van der Waals surface area contributed by atoms with Gasteiger partial charge in [0.1, 0.15) is 5.82 Å². The molecule has 0 bridgehead atoms. The molecule has 1 amide bonds. The Morgan fingerprint density at radius 1 is 1.20 bits per heavy atom. The highest BCUT2D eigenvalue weighted by Gasteiger charge is 2.24. The summed E-state index contributed by atoms with van der Waals surface area (Å²) in [6.45, 7) is 4.50. The maximum Gasteiger partial charge on any atom is 0.222 e. The summed E-state index contributed by atoms with van der Waals surface area (Å²) in [7, 11) is 0. The van der Waals surface area contributed by atoms with Gasteiger partial charge in [-0.25, -0.2) is 4.39 Å².